The number of carbonyl (C=O) groups excluding carboxylic acids is 2. The third kappa shape index (κ3) is 4.22. The predicted octanol–water partition coefficient (Wildman–Crippen LogP) is 4.75. The van der Waals surface area contributed by atoms with E-state index >= 15 is 0 Å². The topological polar surface area (TPSA) is 113 Å². The number of hydrogen-bond donors (Lipinski definition) is 2. The SMILES string of the molecule is [2H]C([2H])([2H])CC(=O)c1cnc(NC(=O)C2CC2)cc1Nc1nc(C)cc2c1N(C)[C@@H](C)c1nc(C)cnc1-2. The minimum atomic E-state index is -2.44. The van der Waals surface area contributed by atoms with Crippen LogP contribution >= 0.6 is 0 Å². The van der Waals surface area contributed by atoms with Gasteiger partial charge in [0, 0.05) is 53.2 Å². The summed E-state index contributed by atoms with van der Waals surface area (Å²) in [5, 5.41) is 6.05. The zero-order valence-corrected chi connectivity index (χ0v) is 20.1. The van der Waals surface area contributed by atoms with Crippen molar-refractivity contribution in [2.45, 2.75) is 52.9 Å². The Hall–Kier alpha value is -3.88. The van der Waals surface area contributed by atoms with Gasteiger partial charge in [-0.2, -0.15) is 0 Å². The summed E-state index contributed by atoms with van der Waals surface area (Å²) in [4.78, 5) is 45.8. The van der Waals surface area contributed by atoms with Gasteiger partial charge in [0.25, 0.3) is 0 Å². The summed E-state index contributed by atoms with van der Waals surface area (Å²) < 4.78 is 22.7. The largest absolute Gasteiger partial charge is 0.363 e. The molecule has 2 aliphatic rings. The van der Waals surface area contributed by atoms with Gasteiger partial charge in [-0.05, 0) is 39.7 Å². The van der Waals surface area contributed by atoms with E-state index in [2.05, 4.69) is 20.6 Å². The number of carbonyl (C=O) groups is 2. The van der Waals surface area contributed by atoms with Crippen molar-refractivity contribution in [1.82, 2.24) is 19.9 Å². The first-order valence-corrected chi connectivity index (χ1v) is 11.6. The van der Waals surface area contributed by atoms with Crippen LogP contribution in [-0.2, 0) is 4.79 Å². The Morgan fingerprint density at radius 1 is 1.14 bits per heavy atom. The summed E-state index contributed by atoms with van der Waals surface area (Å²) in [6.45, 7) is 3.35. The Labute approximate surface area is 208 Å². The van der Waals surface area contributed by atoms with Crippen molar-refractivity contribution in [3.8, 4) is 11.3 Å². The molecule has 3 aromatic heterocycles. The smallest absolute Gasteiger partial charge is 0.228 e. The molecule has 2 N–H and O–H groups in total. The number of fused-ring (bicyclic) bond motifs is 3. The van der Waals surface area contributed by atoms with Crippen LogP contribution in [0.4, 0.5) is 23.0 Å². The Morgan fingerprint density at radius 3 is 2.69 bits per heavy atom. The number of aryl methyl sites for hydroxylation is 2. The number of anilines is 4. The molecule has 1 fully saturated rings. The minimum Gasteiger partial charge on any atom is -0.363 e. The predicted molar refractivity (Wildman–Crippen MR) is 135 cm³/mol. The number of ketones is 1. The molecule has 9 heteroatoms. The van der Waals surface area contributed by atoms with E-state index in [1.54, 1.807) is 12.3 Å². The van der Waals surface area contributed by atoms with Crippen molar-refractivity contribution in [2.24, 2.45) is 5.92 Å². The van der Waals surface area contributed by atoms with Gasteiger partial charge in [-0.15, -0.1) is 0 Å². The van der Waals surface area contributed by atoms with Crippen LogP contribution in [0.1, 0.15) is 70.6 Å². The van der Waals surface area contributed by atoms with Gasteiger partial charge < -0.3 is 15.5 Å². The molecule has 0 spiro atoms. The van der Waals surface area contributed by atoms with E-state index in [1.807, 2.05) is 38.8 Å². The number of nitrogens with one attached hydrogen (secondary N) is 2. The van der Waals surface area contributed by atoms with Crippen LogP contribution in [0.3, 0.4) is 0 Å². The molecule has 1 saturated carbocycles. The van der Waals surface area contributed by atoms with E-state index in [9.17, 15) is 9.59 Å². The molecular weight excluding hydrogens is 442 g/mol. The summed E-state index contributed by atoms with van der Waals surface area (Å²) in [6.07, 6.45) is 4.05. The van der Waals surface area contributed by atoms with Crippen LogP contribution in [0.25, 0.3) is 11.3 Å². The third-order valence-electron chi connectivity index (χ3n) is 6.44. The van der Waals surface area contributed by atoms with Crippen LogP contribution in [-0.4, -0.2) is 38.7 Å². The van der Waals surface area contributed by atoms with Crippen molar-refractivity contribution in [1.29, 1.82) is 0 Å². The first-order valence-electron chi connectivity index (χ1n) is 13.1. The average Bonchev–Trinajstić information content (AvgIpc) is 3.67. The number of pyridine rings is 2. The highest BCUT2D eigenvalue weighted by Crippen LogP contribution is 2.46. The van der Waals surface area contributed by atoms with Crippen molar-refractivity contribution in [2.75, 3.05) is 22.6 Å². The maximum Gasteiger partial charge on any atom is 0.228 e. The fourth-order valence-electron chi connectivity index (χ4n) is 4.31. The highest BCUT2D eigenvalue weighted by molar-refractivity contribution is 6.03. The molecule has 9 nitrogen and oxygen atoms in total. The number of aromatic nitrogens is 4. The number of rotatable bonds is 6. The first kappa shape index (κ1) is 19.4. The van der Waals surface area contributed by atoms with Gasteiger partial charge in [0.05, 0.1) is 40.1 Å². The molecule has 1 atom stereocenters. The monoisotopic (exact) mass is 474 g/mol. The highest BCUT2D eigenvalue weighted by atomic mass is 16.2. The zero-order valence-electron chi connectivity index (χ0n) is 23.1. The van der Waals surface area contributed by atoms with E-state index in [0.29, 0.717) is 17.2 Å². The molecule has 180 valence electrons. The lowest BCUT2D eigenvalue weighted by atomic mass is 9.96. The second kappa shape index (κ2) is 8.72. The van der Waals surface area contributed by atoms with E-state index < -0.39 is 19.1 Å². The van der Waals surface area contributed by atoms with E-state index in [1.165, 1.54) is 6.20 Å². The molecule has 1 aliphatic carbocycles. The van der Waals surface area contributed by atoms with E-state index in [4.69, 9.17) is 14.1 Å². The maximum atomic E-state index is 13.0. The third-order valence-corrected chi connectivity index (χ3v) is 6.44. The van der Waals surface area contributed by atoms with E-state index in [0.717, 1.165) is 41.2 Å². The maximum absolute atomic E-state index is 13.0. The lowest BCUT2D eigenvalue weighted by Crippen LogP contribution is -2.29. The molecule has 0 bridgehead atoms. The molecular formula is C26H29N7O2. The summed E-state index contributed by atoms with van der Waals surface area (Å²) >= 11 is 0. The molecule has 35 heavy (non-hydrogen) atoms. The molecule has 0 radical (unpaired) electrons. The van der Waals surface area contributed by atoms with Gasteiger partial charge in [0.1, 0.15) is 5.82 Å². The minimum absolute atomic E-state index is 0.0320. The summed E-state index contributed by atoms with van der Waals surface area (Å²) in [5.41, 5.74) is 5.18. The van der Waals surface area contributed by atoms with Crippen LogP contribution < -0.4 is 15.5 Å². The van der Waals surface area contributed by atoms with Crippen molar-refractivity contribution in [3.63, 3.8) is 0 Å². The molecule has 3 aromatic rings. The van der Waals surface area contributed by atoms with Crippen molar-refractivity contribution >= 4 is 34.7 Å². The van der Waals surface area contributed by atoms with Crippen LogP contribution in [0.2, 0.25) is 0 Å². The number of hydrogen-bond acceptors (Lipinski definition) is 8. The molecule has 5 rings (SSSR count). The van der Waals surface area contributed by atoms with Gasteiger partial charge in [0.2, 0.25) is 5.91 Å². The zero-order chi connectivity index (χ0) is 27.4. The molecule has 0 aromatic carbocycles. The molecule has 0 saturated heterocycles. The van der Waals surface area contributed by atoms with Gasteiger partial charge >= 0.3 is 0 Å². The highest BCUT2D eigenvalue weighted by Gasteiger charge is 2.32. The average molecular weight is 475 g/mol. The Balaban J connectivity index is 1.60. The standard InChI is InChI=1S/C26H29N7O2/c1-6-20(34)18-12-27-21(32-26(35)16-7-8-16)10-19(18)31-25-24-17(9-13(2)30-25)23-22(15(4)33(24)5)29-14(3)11-28-23/h9-12,15-16H,6-8H2,1-5H3,(H2,27,30,31,32,35)/t15-/m0/s1/i1D3. The molecule has 4 heterocycles. The first-order chi connectivity index (χ1) is 17.9. The van der Waals surface area contributed by atoms with Crippen molar-refractivity contribution < 1.29 is 13.7 Å². The van der Waals surface area contributed by atoms with Crippen molar-refractivity contribution in [3.05, 3.63) is 47.2 Å². The van der Waals surface area contributed by atoms with Gasteiger partial charge in [0.15, 0.2) is 11.6 Å². The lowest BCUT2D eigenvalue weighted by Gasteiger charge is -2.35. The van der Waals surface area contributed by atoms with Crippen LogP contribution in [0.5, 0.6) is 0 Å². The van der Waals surface area contributed by atoms with Gasteiger partial charge in [-0.1, -0.05) is 6.85 Å². The summed E-state index contributed by atoms with van der Waals surface area (Å²) in [5.74, 6) is -0.0126. The molecule has 1 amide bonds. The van der Waals surface area contributed by atoms with E-state index in [-0.39, 0.29) is 29.2 Å². The number of nitrogens with zero attached hydrogens (tertiary/aromatic N) is 5. The number of Topliss-reactive ketones (excluding diaryl/α,β-unsaturated/α-hetero) is 1. The second-order valence-corrected chi connectivity index (χ2v) is 9.14. The fraction of sp³-hybridized carbons (Fsp3) is 0.385. The Kier molecular flexibility index (Phi) is 4.84. The van der Waals surface area contributed by atoms with Gasteiger partial charge in [-0.25, -0.2) is 9.97 Å². The normalized spacial score (nSPS) is 18.0. The second-order valence-electron chi connectivity index (χ2n) is 9.14. The molecule has 1 aliphatic heterocycles. The fourth-order valence-corrected chi connectivity index (χ4v) is 4.31. The number of amides is 1. The summed E-state index contributed by atoms with van der Waals surface area (Å²) in [7, 11) is 1.94. The Bertz CT molecular complexity index is 1450. The van der Waals surface area contributed by atoms with Crippen LogP contribution in [0, 0.1) is 19.8 Å². The molecule has 0 unspecified atom stereocenters. The quantitative estimate of drug-likeness (QED) is 0.492. The Morgan fingerprint density at radius 2 is 1.94 bits per heavy atom. The van der Waals surface area contributed by atoms with Crippen LogP contribution in [0.15, 0.2) is 24.5 Å². The van der Waals surface area contributed by atoms with Gasteiger partial charge in [-0.3, -0.25) is 19.6 Å². The summed E-state index contributed by atoms with van der Waals surface area (Å²) in [6, 6.07) is 3.39. The lowest BCUT2D eigenvalue weighted by molar-refractivity contribution is -0.117.